The molecule has 0 aromatic carbocycles. The first-order valence-electron chi connectivity index (χ1n) is 6.03. The summed E-state index contributed by atoms with van der Waals surface area (Å²) in [6.07, 6.45) is 2.61. The maximum absolute atomic E-state index is 14.0. The Balaban J connectivity index is 2.92. The number of pyridine rings is 1. The van der Waals surface area contributed by atoms with Gasteiger partial charge in [0.1, 0.15) is 0 Å². The highest BCUT2D eigenvalue weighted by Crippen LogP contribution is 2.22. The normalized spacial score (nSPS) is 12.9. The van der Waals surface area contributed by atoms with E-state index in [9.17, 15) is 4.39 Å². The molecule has 1 aromatic rings. The zero-order chi connectivity index (χ0) is 13.0. The van der Waals surface area contributed by atoms with Crippen molar-refractivity contribution in [3.8, 4) is 0 Å². The second kappa shape index (κ2) is 5.96. The Kier molecular flexibility index (Phi) is 4.87. The van der Waals surface area contributed by atoms with Crippen LogP contribution >= 0.6 is 0 Å². The monoisotopic (exact) mass is 239 g/mol. The quantitative estimate of drug-likeness (QED) is 0.858. The van der Waals surface area contributed by atoms with Crippen molar-refractivity contribution in [3.05, 3.63) is 23.6 Å². The zero-order valence-electron chi connectivity index (χ0n) is 11.1. The average Bonchev–Trinajstić information content (AvgIpc) is 2.27. The molecule has 96 valence electrons. The molecule has 0 fully saturated rings. The van der Waals surface area contributed by atoms with Gasteiger partial charge < -0.3 is 10.6 Å². The van der Waals surface area contributed by atoms with Crippen LogP contribution in [0.4, 0.5) is 10.2 Å². The molecule has 4 heteroatoms. The van der Waals surface area contributed by atoms with Gasteiger partial charge in [0.05, 0.1) is 0 Å². The van der Waals surface area contributed by atoms with E-state index in [4.69, 9.17) is 5.73 Å². The van der Waals surface area contributed by atoms with E-state index in [1.807, 2.05) is 11.9 Å². The number of nitrogens with two attached hydrogens (primary N) is 1. The molecule has 0 bridgehead atoms. The number of aromatic nitrogens is 1. The van der Waals surface area contributed by atoms with Crippen LogP contribution in [0.25, 0.3) is 0 Å². The minimum absolute atomic E-state index is 0.202. The number of nitrogens with zero attached hydrogens (tertiary/aromatic N) is 2. The lowest BCUT2D eigenvalue weighted by Crippen LogP contribution is -2.31. The predicted molar refractivity (Wildman–Crippen MR) is 69.4 cm³/mol. The molecule has 0 radical (unpaired) electrons. The highest BCUT2D eigenvalue weighted by molar-refractivity contribution is 5.43. The average molecular weight is 239 g/mol. The van der Waals surface area contributed by atoms with Gasteiger partial charge in [0.15, 0.2) is 11.6 Å². The van der Waals surface area contributed by atoms with Gasteiger partial charge in [-0.05, 0) is 25.3 Å². The fourth-order valence-electron chi connectivity index (χ4n) is 1.92. The van der Waals surface area contributed by atoms with Crippen molar-refractivity contribution >= 4 is 5.82 Å². The molecule has 0 saturated heterocycles. The van der Waals surface area contributed by atoms with Gasteiger partial charge in [0.25, 0.3) is 0 Å². The van der Waals surface area contributed by atoms with E-state index in [2.05, 4.69) is 25.8 Å². The third kappa shape index (κ3) is 3.40. The fourth-order valence-corrected chi connectivity index (χ4v) is 1.92. The third-order valence-electron chi connectivity index (χ3n) is 2.98. The number of anilines is 1. The lowest BCUT2D eigenvalue weighted by Gasteiger charge is -2.28. The molecular weight excluding hydrogens is 217 g/mol. The van der Waals surface area contributed by atoms with Crippen LogP contribution < -0.4 is 10.6 Å². The molecule has 0 aliphatic heterocycles. The van der Waals surface area contributed by atoms with Gasteiger partial charge in [-0.1, -0.05) is 13.8 Å². The SMILES string of the molecule is CC(C)CC(C)N(C)c1nccc(CN)c1F. The van der Waals surface area contributed by atoms with Gasteiger partial charge in [-0.2, -0.15) is 0 Å². The smallest absolute Gasteiger partial charge is 0.170 e. The Morgan fingerprint density at radius 3 is 2.59 bits per heavy atom. The van der Waals surface area contributed by atoms with Gasteiger partial charge in [-0.3, -0.25) is 0 Å². The molecule has 1 unspecified atom stereocenters. The molecule has 1 atom stereocenters. The van der Waals surface area contributed by atoms with Crippen LogP contribution in [0, 0.1) is 11.7 Å². The number of halogens is 1. The minimum Gasteiger partial charge on any atom is -0.355 e. The van der Waals surface area contributed by atoms with E-state index in [1.54, 1.807) is 12.3 Å². The molecule has 2 N–H and O–H groups in total. The first-order chi connectivity index (χ1) is 7.97. The summed E-state index contributed by atoms with van der Waals surface area (Å²) in [6.45, 7) is 6.60. The van der Waals surface area contributed by atoms with Crippen LogP contribution in [0.1, 0.15) is 32.8 Å². The molecule has 1 rings (SSSR count). The first-order valence-corrected chi connectivity index (χ1v) is 6.03. The number of rotatable bonds is 5. The van der Waals surface area contributed by atoms with Crippen LogP contribution in [0.3, 0.4) is 0 Å². The fraction of sp³-hybridized carbons (Fsp3) is 0.615. The third-order valence-corrected chi connectivity index (χ3v) is 2.98. The van der Waals surface area contributed by atoms with E-state index >= 15 is 0 Å². The van der Waals surface area contributed by atoms with Crippen molar-refractivity contribution < 1.29 is 4.39 Å². The van der Waals surface area contributed by atoms with E-state index in [0.29, 0.717) is 17.3 Å². The topological polar surface area (TPSA) is 42.2 Å². The summed E-state index contributed by atoms with van der Waals surface area (Å²) in [7, 11) is 1.87. The van der Waals surface area contributed by atoms with E-state index in [1.165, 1.54) is 0 Å². The maximum atomic E-state index is 14.0. The van der Waals surface area contributed by atoms with Gasteiger partial charge >= 0.3 is 0 Å². The molecule has 0 aliphatic rings. The highest BCUT2D eigenvalue weighted by Gasteiger charge is 2.17. The standard InChI is InChI=1S/C13H22FN3/c1-9(2)7-10(3)17(4)13-12(14)11(8-15)5-6-16-13/h5-6,9-10H,7-8,15H2,1-4H3. The summed E-state index contributed by atoms with van der Waals surface area (Å²) in [6, 6.07) is 1.88. The lowest BCUT2D eigenvalue weighted by atomic mass is 10.0. The largest absolute Gasteiger partial charge is 0.355 e. The molecule has 0 amide bonds. The second-order valence-corrected chi connectivity index (χ2v) is 4.90. The van der Waals surface area contributed by atoms with Gasteiger partial charge in [0.2, 0.25) is 0 Å². The summed E-state index contributed by atoms with van der Waals surface area (Å²) in [5, 5.41) is 0. The number of hydrogen-bond donors (Lipinski definition) is 1. The van der Waals surface area contributed by atoms with Crippen molar-refractivity contribution in [1.29, 1.82) is 0 Å². The van der Waals surface area contributed by atoms with Crippen molar-refractivity contribution in [2.24, 2.45) is 11.7 Å². The van der Waals surface area contributed by atoms with Crippen LogP contribution in [-0.2, 0) is 6.54 Å². The van der Waals surface area contributed by atoms with E-state index in [0.717, 1.165) is 6.42 Å². The van der Waals surface area contributed by atoms with Crippen LogP contribution in [0.5, 0.6) is 0 Å². The molecule has 3 nitrogen and oxygen atoms in total. The Labute approximate surface area is 103 Å². The second-order valence-electron chi connectivity index (χ2n) is 4.90. The summed E-state index contributed by atoms with van der Waals surface area (Å²) in [4.78, 5) is 5.99. The van der Waals surface area contributed by atoms with Crippen molar-refractivity contribution in [2.75, 3.05) is 11.9 Å². The van der Waals surface area contributed by atoms with Gasteiger partial charge in [-0.15, -0.1) is 0 Å². The van der Waals surface area contributed by atoms with E-state index < -0.39 is 0 Å². The van der Waals surface area contributed by atoms with Crippen LogP contribution in [-0.4, -0.2) is 18.1 Å². The summed E-state index contributed by atoms with van der Waals surface area (Å²) >= 11 is 0. The van der Waals surface area contributed by atoms with E-state index in [-0.39, 0.29) is 18.4 Å². The highest BCUT2D eigenvalue weighted by atomic mass is 19.1. The molecule has 0 aliphatic carbocycles. The zero-order valence-corrected chi connectivity index (χ0v) is 11.1. The van der Waals surface area contributed by atoms with Crippen molar-refractivity contribution in [3.63, 3.8) is 0 Å². The molecule has 17 heavy (non-hydrogen) atoms. The Morgan fingerprint density at radius 1 is 1.41 bits per heavy atom. The Morgan fingerprint density at radius 2 is 2.06 bits per heavy atom. The molecule has 1 heterocycles. The summed E-state index contributed by atoms with van der Waals surface area (Å²) in [5.74, 6) is 0.669. The maximum Gasteiger partial charge on any atom is 0.170 e. The lowest BCUT2D eigenvalue weighted by molar-refractivity contribution is 0.493. The van der Waals surface area contributed by atoms with Crippen molar-refractivity contribution in [2.45, 2.75) is 39.8 Å². The predicted octanol–water partition coefficient (Wildman–Crippen LogP) is 2.55. The molecular formula is C13H22FN3. The van der Waals surface area contributed by atoms with Gasteiger partial charge in [-0.25, -0.2) is 9.37 Å². The number of hydrogen-bond acceptors (Lipinski definition) is 3. The summed E-state index contributed by atoms with van der Waals surface area (Å²) < 4.78 is 14.0. The van der Waals surface area contributed by atoms with Crippen LogP contribution in [0.2, 0.25) is 0 Å². The first kappa shape index (κ1) is 13.9. The Bertz CT molecular complexity index is 366. The molecule has 0 saturated carbocycles. The molecule has 0 spiro atoms. The molecule has 1 aromatic heterocycles. The minimum atomic E-state index is -0.298. The summed E-state index contributed by atoms with van der Waals surface area (Å²) in [5.41, 5.74) is 6.00. The Hall–Kier alpha value is -1.16. The van der Waals surface area contributed by atoms with Crippen molar-refractivity contribution in [1.82, 2.24) is 4.98 Å². The van der Waals surface area contributed by atoms with Crippen LogP contribution in [0.15, 0.2) is 12.3 Å². The van der Waals surface area contributed by atoms with Gasteiger partial charge in [0, 0.05) is 31.4 Å².